The largest absolute Gasteiger partial charge is 0.342 e. The SMILES string of the molecule is CCN1C[C@H](C(=O)N2CCCC[C@H]2Cn2cccn2)CC1=O. The van der Waals surface area contributed by atoms with Crippen molar-refractivity contribution in [3.05, 3.63) is 18.5 Å². The second-order valence-electron chi connectivity index (χ2n) is 6.24. The second-order valence-corrected chi connectivity index (χ2v) is 6.24. The van der Waals surface area contributed by atoms with E-state index < -0.39 is 0 Å². The molecule has 0 unspecified atom stereocenters. The maximum atomic E-state index is 12.9. The van der Waals surface area contributed by atoms with Crippen molar-refractivity contribution in [2.45, 2.75) is 45.2 Å². The van der Waals surface area contributed by atoms with Crippen molar-refractivity contribution in [3.8, 4) is 0 Å². The average Bonchev–Trinajstić information content (AvgIpc) is 3.16. The Morgan fingerprint density at radius 3 is 2.95 bits per heavy atom. The van der Waals surface area contributed by atoms with E-state index in [4.69, 9.17) is 0 Å². The van der Waals surface area contributed by atoms with Gasteiger partial charge in [-0.05, 0) is 32.3 Å². The highest BCUT2D eigenvalue weighted by Crippen LogP contribution is 2.25. The maximum absolute atomic E-state index is 12.9. The van der Waals surface area contributed by atoms with E-state index in [-0.39, 0.29) is 23.8 Å². The van der Waals surface area contributed by atoms with Crippen molar-refractivity contribution in [3.63, 3.8) is 0 Å². The molecule has 1 aromatic rings. The Morgan fingerprint density at radius 1 is 1.41 bits per heavy atom. The van der Waals surface area contributed by atoms with Crippen LogP contribution in [0.3, 0.4) is 0 Å². The molecule has 0 N–H and O–H groups in total. The predicted octanol–water partition coefficient (Wildman–Crippen LogP) is 1.13. The Balaban J connectivity index is 1.68. The normalized spacial score (nSPS) is 25.8. The number of carbonyl (C=O) groups is 2. The van der Waals surface area contributed by atoms with Gasteiger partial charge >= 0.3 is 0 Å². The molecular formula is C16H24N4O2. The minimum Gasteiger partial charge on any atom is -0.342 e. The lowest BCUT2D eigenvalue weighted by molar-refractivity contribution is -0.139. The molecule has 2 fully saturated rings. The van der Waals surface area contributed by atoms with Crippen LogP contribution in [0.5, 0.6) is 0 Å². The molecule has 0 saturated carbocycles. The van der Waals surface area contributed by atoms with Crippen LogP contribution >= 0.6 is 0 Å². The minimum atomic E-state index is -0.161. The zero-order valence-corrected chi connectivity index (χ0v) is 13.1. The summed E-state index contributed by atoms with van der Waals surface area (Å²) in [5, 5.41) is 4.26. The maximum Gasteiger partial charge on any atom is 0.228 e. The molecule has 1 aromatic heterocycles. The third kappa shape index (κ3) is 3.00. The lowest BCUT2D eigenvalue weighted by Crippen LogP contribution is -2.48. The first-order valence-electron chi connectivity index (χ1n) is 8.24. The summed E-state index contributed by atoms with van der Waals surface area (Å²) >= 11 is 0. The van der Waals surface area contributed by atoms with Gasteiger partial charge in [-0.2, -0.15) is 5.10 Å². The fourth-order valence-electron chi connectivity index (χ4n) is 3.58. The quantitative estimate of drug-likeness (QED) is 0.838. The third-order valence-electron chi connectivity index (χ3n) is 4.81. The lowest BCUT2D eigenvalue weighted by atomic mass is 9.98. The first-order valence-corrected chi connectivity index (χ1v) is 8.24. The van der Waals surface area contributed by atoms with Crippen molar-refractivity contribution < 1.29 is 9.59 Å². The van der Waals surface area contributed by atoms with Crippen LogP contribution in [-0.2, 0) is 16.1 Å². The first-order chi connectivity index (χ1) is 10.7. The van der Waals surface area contributed by atoms with E-state index in [9.17, 15) is 9.59 Å². The van der Waals surface area contributed by atoms with Gasteiger partial charge in [-0.15, -0.1) is 0 Å². The molecule has 6 nitrogen and oxygen atoms in total. The fraction of sp³-hybridized carbons (Fsp3) is 0.688. The van der Waals surface area contributed by atoms with Crippen LogP contribution in [0.4, 0.5) is 0 Å². The Morgan fingerprint density at radius 2 is 2.27 bits per heavy atom. The number of piperidine rings is 1. The average molecular weight is 304 g/mol. The molecule has 2 aliphatic rings. The Bertz CT molecular complexity index is 528. The van der Waals surface area contributed by atoms with Crippen LogP contribution in [0, 0.1) is 5.92 Å². The second kappa shape index (κ2) is 6.50. The van der Waals surface area contributed by atoms with E-state index in [1.807, 2.05) is 28.8 Å². The highest BCUT2D eigenvalue weighted by Gasteiger charge is 2.38. The zero-order valence-electron chi connectivity index (χ0n) is 13.1. The molecule has 2 saturated heterocycles. The predicted molar refractivity (Wildman–Crippen MR) is 81.9 cm³/mol. The molecule has 2 atom stereocenters. The third-order valence-corrected chi connectivity index (χ3v) is 4.81. The molecule has 0 bridgehead atoms. The molecule has 0 spiro atoms. The van der Waals surface area contributed by atoms with Crippen molar-refractivity contribution in [1.29, 1.82) is 0 Å². The molecule has 2 aliphatic heterocycles. The number of aromatic nitrogens is 2. The summed E-state index contributed by atoms with van der Waals surface area (Å²) in [7, 11) is 0. The van der Waals surface area contributed by atoms with Crippen LogP contribution in [0.15, 0.2) is 18.5 Å². The molecule has 2 amide bonds. The number of nitrogens with zero attached hydrogens (tertiary/aromatic N) is 4. The van der Waals surface area contributed by atoms with Gasteiger partial charge in [0.05, 0.1) is 18.5 Å². The summed E-state index contributed by atoms with van der Waals surface area (Å²) in [5.41, 5.74) is 0. The van der Waals surface area contributed by atoms with E-state index in [1.54, 1.807) is 11.1 Å². The summed E-state index contributed by atoms with van der Waals surface area (Å²) in [6, 6.07) is 2.11. The van der Waals surface area contributed by atoms with Gasteiger partial charge in [0.1, 0.15) is 0 Å². The molecule has 0 aromatic carbocycles. The Hall–Kier alpha value is -1.85. The lowest BCUT2D eigenvalue weighted by Gasteiger charge is -2.37. The van der Waals surface area contributed by atoms with Gasteiger partial charge in [0.2, 0.25) is 11.8 Å². The van der Waals surface area contributed by atoms with Gasteiger partial charge in [0, 0.05) is 38.4 Å². The van der Waals surface area contributed by atoms with E-state index in [1.165, 1.54) is 0 Å². The Kier molecular flexibility index (Phi) is 4.45. The van der Waals surface area contributed by atoms with E-state index >= 15 is 0 Å². The van der Waals surface area contributed by atoms with Crippen LogP contribution in [0.1, 0.15) is 32.6 Å². The van der Waals surface area contributed by atoms with Crippen molar-refractivity contribution in [2.24, 2.45) is 5.92 Å². The van der Waals surface area contributed by atoms with E-state index in [2.05, 4.69) is 5.10 Å². The summed E-state index contributed by atoms with van der Waals surface area (Å²) in [5.74, 6) is 0.105. The number of amides is 2. The molecule has 3 rings (SSSR count). The van der Waals surface area contributed by atoms with Crippen LogP contribution in [-0.4, -0.2) is 57.1 Å². The van der Waals surface area contributed by atoms with Crippen LogP contribution in [0.2, 0.25) is 0 Å². The smallest absolute Gasteiger partial charge is 0.228 e. The van der Waals surface area contributed by atoms with Gasteiger partial charge in [0.25, 0.3) is 0 Å². The number of rotatable bonds is 4. The standard InChI is InChI=1S/C16H24N4O2/c1-2-18-11-13(10-15(18)21)16(22)20-9-4-3-6-14(20)12-19-8-5-7-17-19/h5,7-8,13-14H,2-4,6,9-12H2,1H3/t13-,14+/m1/s1. The van der Waals surface area contributed by atoms with E-state index in [0.29, 0.717) is 19.5 Å². The fourth-order valence-corrected chi connectivity index (χ4v) is 3.58. The van der Waals surface area contributed by atoms with Gasteiger partial charge in [-0.3, -0.25) is 14.3 Å². The highest BCUT2D eigenvalue weighted by molar-refractivity contribution is 5.89. The molecule has 0 radical (unpaired) electrons. The summed E-state index contributed by atoms with van der Waals surface area (Å²) in [4.78, 5) is 28.5. The van der Waals surface area contributed by atoms with Crippen molar-refractivity contribution >= 4 is 11.8 Å². The topological polar surface area (TPSA) is 58.4 Å². The number of likely N-dealkylation sites (tertiary alicyclic amines) is 2. The number of hydrogen-bond acceptors (Lipinski definition) is 3. The first kappa shape index (κ1) is 15.1. The summed E-state index contributed by atoms with van der Waals surface area (Å²) < 4.78 is 1.90. The van der Waals surface area contributed by atoms with Crippen LogP contribution in [0.25, 0.3) is 0 Å². The molecule has 22 heavy (non-hydrogen) atoms. The Labute approximate surface area is 131 Å². The van der Waals surface area contributed by atoms with Crippen molar-refractivity contribution in [2.75, 3.05) is 19.6 Å². The number of carbonyl (C=O) groups excluding carboxylic acids is 2. The molecule has 3 heterocycles. The van der Waals surface area contributed by atoms with Gasteiger partial charge in [0.15, 0.2) is 0 Å². The van der Waals surface area contributed by atoms with Crippen LogP contribution < -0.4 is 0 Å². The zero-order chi connectivity index (χ0) is 15.5. The minimum absolute atomic E-state index is 0.112. The number of hydrogen-bond donors (Lipinski definition) is 0. The summed E-state index contributed by atoms with van der Waals surface area (Å²) in [6.45, 7) is 4.79. The monoisotopic (exact) mass is 304 g/mol. The van der Waals surface area contributed by atoms with E-state index in [0.717, 1.165) is 32.4 Å². The molecule has 6 heteroatoms. The van der Waals surface area contributed by atoms with Gasteiger partial charge in [-0.25, -0.2) is 0 Å². The highest BCUT2D eigenvalue weighted by atomic mass is 16.2. The summed E-state index contributed by atoms with van der Waals surface area (Å²) in [6.07, 6.45) is 7.31. The van der Waals surface area contributed by atoms with Gasteiger partial charge < -0.3 is 9.80 Å². The molecular weight excluding hydrogens is 280 g/mol. The van der Waals surface area contributed by atoms with Crippen molar-refractivity contribution in [1.82, 2.24) is 19.6 Å². The molecule has 120 valence electrons. The molecule has 0 aliphatic carbocycles. The van der Waals surface area contributed by atoms with Gasteiger partial charge in [-0.1, -0.05) is 0 Å².